The van der Waals surface area contributed by atoms with Crippen LogP contribution in [0.15, 0.2) is 23.1 Å². The molecule has 1 rings (SSSR count). The van der Waals surface area contributed by atoms with Crippen LogP contribution in [-0.2, 0) is 10.8 Å². The van der Waals surface area contributed by atoms with Gasteiger partial charge in [0.25, 0.3) is 0 Å². The van der Waals surface area contributed by atoms with Crippen molar-refractivity contribution in [3.63, 3.8) is 0 Å². The molecule has 0 amide bonds. The van der Waals surface area contributed by atoms with Gasteiger partial charge in [0.15, 0.2) is 0 Å². The van der Waals surface area contributed by atoms with Crippen LogP contribution < -0.4 is 0 Å². The SMILES string of the molecule is Cc1cc(O)ccc1[S@](C)=O. The average Bonchev–Trinajstić information content (AvgIpc) is 1.85. The Morgan fingerprint density at radius 2 is 2.09 bits per heavy atom. The largest absolute Gasteiger partial charge is 0.508 e. The van der Waals surface area contributed by atoms with E-state index in [-0.39, 0.29) is 5.75 Å². The molecule has 0 unspecified atom stereocenters. The lowest BCUT2D eigenvalue weighted by Gasteiger charge is -2.01. The Kier molecular flexibility index (Phi) is 2.29. The standard InChI is InChI=1S/C8H10O2S/c1-6-5-7(9)3-4-8(6)11(2)10/h3-5,9H,1-2H3/t11-/m0/s1. The summed E-state index contributed by atoms with van der Waals surface area (Å²) in [5, 5.41) is 9.02. The maximum Gasteiger partial charge on any atom is 0.115 e. The molecule has 0 radical (unpaired) electrons. The van der Waals surface area contributed by atoms with Gasteiger partial charge < -0.3 is 5.11 Å². The third-order valence-electron chi connectivity index (χ3n) is 1.47. The Morgan fingerprint density at radius 3 is 2.55 bits per heavy atom. The lowest BCUT2D eigenvalue weighted by molar-refractivity contribution is 0.474. The van der Waals surface area contributed by atoms with E-state index in [1.807, 2.05) is 6.92 Å². The monoisotopic (exact) mass is 170 g/mol. The maximum atomic E-state index is 11.0. The Morgan fingerprint density at radius 1 is 1.45 bits per heavy atom. The van der Waals surface area contributed by atoms with Crippen LogP contribution in [0.1, 0.15) is 5.56 Å². The summed E-state index contributed by atoms with van der Waals surface area (Å²) >= 11 is 0. The van der Waals surface area contributed by atoms with E-state index in [9.17, 15) is 4.21 Å². The Labute approximate surface area is 68.3 Å². The van der Waals surface area contributed by atoms with E-state index >= 15 is 0 Å². The van der Waals surface area contributed by atoms with Gasteiger partial charge in [0.2, 0.25) is 0 Å². The van der Waals surface area contributed by atoms with Crippen LogP contribution in [0.25, 0.3) is 0 Å². The summed E-state index contributed by atoms with van der Waals surface area (Å²) in [5.41, 5.74) is 0.867. The fraction of sp³-hybridized carbons (Fsp3) is 0.250. The van der Waals surface area contributed by atoms with Crippen LogP contribution in [0.5, 0.6) is 5.75 Å². The van der Waals surface area contributed by atoms with Gasteiger partial charge in [-0.25, -0.2) is 0 Å². The lowest BCUT2D eigenvalue weighted by Crippen LogP contribution is -1.90. The minimum absolute atomic E-state index is 0.219. The van der Waals surface area contributed by atoms with Crippen molar-refractivity contribution in [1.82, 2.24) is 0 Å². The van der Waals surface area contributed by atoms with E-state index < -0.39 is 10.8 Å². The number of phenolic OH excluding ortho intramolecular Hbond substituents is 1. The molecule has 60 valence electrons. The maximum absolute atomic E-state index is 11.0. The van der Waals surface area contributed by atoms with Crippen molar-refractivity contribution in [1.29, 1.82) is 0 Å². The van der Waals surface area contributed by atoms with Crippen LogP contribution in [0.3, 0.4) is 0 Å². The zero-order valence-electron chi connectivity index (χ0n) is 6.50. The molecule has 0 aromatic heterocycles. The van der Waals surface area contributed by atoms with Gasteiger partial charge in [-0.15, -0.1) is 0 Å². The van der Waals surface area contributed by atoms with Crippen molar-refractivity contribution < 1.29 is 9.32 Å². The quantitative estimate of drug-likeness (QED) is 0.692. The number of benzene rings is 1. The van der Waals surface area contributed by atoms with Crippen LogP contribution in [0.4, 0.5) is 0 Å². The summed E-state index contributed by atoms with van der Waals surface area (Å²) in [7, 11) is -0.960. The van der Waals surface area contributed by atoms with Crippen LogP contribution >= 0.6 is 0 Å². The first-order valence-electron chi connectivity index (χ1n) is 3.24. The highest BCUT2D eigenvalue weighted by atomic mass is 32.2. The van der Waals surface area contributed by atoms with Crippen molar-refractivity contribution in [2.45, 2.75) is 11.8 Å². The van der Waals surface area contributed by atoms with E-state index in [0.29, 0.717) is 0 Å². The number of rotatable bonds is 1. The summed E-state index contributed by atoms with van der Waals surface area (Å²) in [6, 6.07) is 4.83. The van der Waals surface area contributed by atoms with Crippen LogP contribution in [0.2, 0.25) is 0 Å². The molecule has 2 nitrogen and oxygen atoms in total. The fourth-order valence-corrected chi connectivity index (χ4v) is 1.73. The predicted molar refractivity (Wildman–Crippen MR) is 45.2 cm³/mol. The normalized spacial score (nSPS) is 12.9. The summed E-state index contributed by atoms with van der Waals surface area (Å²) in [4.78, 5) is 0.780. The van der Waals surface area contributed by atoms with E-state index in [4.69, 9.17) is 5.11 Å². The molecule has 0 saturated carbocycles. The van der Waals surface area contributed by atoms with E-state index in [1.165, 1.54) is 0 Å². The second-order valence-corrected chi connectivity index (χ2v) is 3.75. The predicted octanol–water partition coefficient (Wildman–Crippen LogP) is 1.44. The van der Waals surface area contributed by atoms with E-state index in [1.54, 1.807) is 24.5 Å². The third-order valence-corrected chi connectivity index (χ3v) is 2.55. The first-order chi connectivity index (χ1) is 5.11. The molecule has 3 heteroatoms. The Hall–Kier alpha value is -0.830. The molecule has 1 aromatic rings. The van der Waals surface area contributed by atoms with Gasteiger partial charge in [0, 0.05) is 11.2 Å². The molecule has 0 aliphatic carbocycles. The molecular formula is C8H10O2S. The van der Waals surface area contributed by atoms with Crippen LogP contribution in [0, 0.1) is 6.92 Å². The third kappa shape index (κ3) is 1.80. The smallest absolute Gasteiger partial charge is 0.115 e. The molecule has 1 aromatic carbocycles. The van der Waals surface area contributed by atoms with Crippen molar-refractivity contribution in [3.05, 3.63) is 23.8 Å². The van der Waals surface area contributed by atoms with Gasteiger partial charge >= 0.3 is 0 Å². The van der Waals surface area contributed by atoms with Crippen molar-refractivity contribution in [3.8, 4) is 5.75 Å². The Bertz CT molecular complexity index is 294. The number of aryl methyl sites for hydroxylation is 1. The minimum atomic E-state index is -0.960. The second-order valence-electron chi connectivity index (χ2n) is 2.40. The van der Waals surface area contributed by atoms with Gasteiger partial charge in [-0.05, 0) is 30.7 Å². The van der Waals surface area contributed by atoms with Crippen molar-refractivity contribution in [2.24, 2.45) is 0 Å². The molecule has 1 N–H and O–H groups in total. The van der Waals surface area contributed by atoms with E-state index in [0.717, 1.165) is 10.5 Å². The molecule has 0 aliphatic rings. The molecule has 0 aliphatic heterocycles. The number of phenols is 1. The van der Waals surface area contributed by atoms with Gasteiger partial charge in [-0.2, -0.15) is 0 Å². The average molecular weight is 170 g/mol. The molecule has 11 heavy (non-hydrogen) atoms. The molecule has 0 saturated heterocycles. The zero-order chi connectivity index (χ0) is 8.43. The molecule has 1 atom stereocenters. The summed E-state index contributed by atoms with van der Waals surface area (Å²) in [5.74, 6) is 0.219. The highest BCUT2D eigenvalue weighted by Gasteiger charge is 2.01. The number of hydrogen-bond acceptors (Lipinski definition) is 2. The first kappa shape index (κ1) is 8.27. The van der Waals surface area contributed by atoms with Crippen molar-refractivity contribution in [2.75, 3.05) is 6.26 Å². The number of aromatic hydroxyl groups is 1. The highest BCUT2D eigenvalue weighted by Crippen LogP contribution is 2.17. The van der Waals surface area contributed by atoms with Gasteiger partial charge in [0.1, 0.15) is 5.75 Å². The molecule has 0 fully saturated rings. The summed E-state index contributed by atoms with van der Waals surface area (Å²) in [6.07, 6.45) is 1.62. The summed E-state index contributed by atoms with van der Waals surface area (Å²) < 4.78 is 11.0. The molecule has 0 heterocycles. The van der Waals surface area contributed by atoms with Crippen molar-refractivity contribution >= 4 is 10.8 Å². The molecule has 0 spiro atoms. The number of hydrogen-bond donors (Lipinski definition) is 1. The van der Waals surface area contributed by atoms with Crippen LogP contribution in [-0.4, -0.2) is 15.6 Å². The topological polar surface area (TPSA) is 37.3 Å². The summed E-state index contributed by atoms with van der Waals surface area (Å²) in [6.45, 7) is 1.83. The second kappa shape index (κ2) is 3.05. The Balaban J connectivity index is 3.20. The highest BCUT2D eigenvalue weighted by molar-refractivity contribution is 7.84. The first-order valence-corrected chi connectivity index (χ1v) is 4.80. The van der Waals surface area contributed by atoms with Gasteiger partial charge in [0.05, 0.1) is 10.8 Å². The lowest BCUT2D eigenvalue weighted by atomic mass is 10.2. The zero-order valence-corrected chi connectivity index (χ0v) is 7.31. The minimum Gasteiger partial charge on any atom is -0.508 e. The fourth-order valence-electron chi connectivity index (χ4n) is 0.956. The molecular weight excluding hydrogens is 160 g/mol. The van der Waals surface area contributed by atoms with Gasteiger partial charge in [-0.3, -0.25) is 4.21 Å². The van der Waals surface area contributed by atoms with Gasteiger partial charge in [-0.1, -0.05) is 0 Å². The van der Waals surface area contributed by atoms with E-state index in [2.05, 4.69) is 0 Å². The molecule has 0 bridgehead atoms.